The van der Waals surface area contributed by atoms with E-state index in [1.807, 2.05) is 0 Å². The van der Waals surface area contributed by atoms with E-state index in [4.69, 9.17) is 14.6 Å². The molecule has 1 saturated heterocycles. The molecule has 1 N–H and O–H groups in total. The molecule has 0 spiro atoms. The van der Waals surface area contributed by atoms with Gasteiger partial charge in [-0.05, 0) is 25.7 Å². The minimum Gasteiger partial charge on any atom is -0.480 e. The lowest BCUT2D eigenvalue weighted by molar-refractivity contribution is -0.151. The molecule has 0 aromatic carbocycles. The highest BCUT2D eigenvalue weighted by atomic mass is 16.5. The second-order valence-corrected chi connectivity index (χ2v) is 5.83. The first-order valence-electron chi connectivity index (χ1n) is 7.87. The molecule has 1 heterocycles. The molecule has 0 bridgehead atoms. The fourth-order valence-electron chi connectivity index (χ4n) is 3.07. The van der Waals surface area contributed by atoms with E-state index in [2.05, 4.69) is 0 Å². The zero-order valence-corrected chi connectivity index (χ0v) is 12.5. The lowest BCUT2D eigenvalue weighted by atomic mass is 9.98. The maximum Gasteiger partial charge on any atom is 0.323 e. The molecule has 21 heavy (non-hydrogen) atoms. The number of ether oxygens (including phenoxy) is 2. The van der Waals surface area contributed by atoms with Crippen molar-refractivity contribution in [2.24, 2.45) is 0 Å². The average Bonchev–Trinajstić information content (AvgIpc) is 2.52. The van der Waals surface area contributed by atoms with E-state index < -0.39 is 5.97 Å². The van der Waals surface area contributed by atoms with Crippen LogP contribution in [0.1, 0.15) is 44.9 Å². The van der Waals surface area contributed by atoms with E-state index >= 15 is 0 Å². The van der Waals surface area contributed by atoms with Gasteiger partial charge in [-0.15, -0.1) is 0 Å². The van der Waals surface area contributed by atoms with Gasteiger partial charge in [0.15, 0.2) is 0 Å². The SMILES string of the molecule is O=C(O)CN(C(=O)COC1CCCCC1)C1CCOCC1. The third-order valence-corrected chi connectivity index (χ3v) is 4.25. The summed E-state index contributed by atoms with van der Waals surface area (Å²) in [7, 11) is 0. The van der Waals surface area contributed by atoms with E-state index in [9.17, 15) is 9.59 Å². The van der Waals surface area contributed by atoms with Crippen LogP contribution in [0.25, 0.3) is 0 Å². The van der Waals surface area contributed by atoms with Crippen LogP contribution in [-0.2, 0) is 19.1 Å². The summed E-state index contributed by atoms with van der Waals surface area (Å²) >= 11 is 0. The Morgan fingerprint density at radius 3 is 2.38 bits per heavy atom. The molecule has 2 rings (SSSR count). The van der Waals surface area contributed by atoms with Crippen LogP contribution in [0.4, 0.5) is 0 Å². The molecule has 6 nitrogen and oxygen atoms in total. The first kappa shape index (κ1) is 16.2. The Bertz CT molecular complexity index is 348. The van der Waals surface area contributed by atoms with Crippen LogP contribution < -0.4 is 0 Å². The van der Waals surface area contributed by atoms with Crippen LogP contribution in [0.3, 0.4) is 0 Å². The Hall–Kier alpha value is -1.14. The Morgan fingerprint density at radius 1 is 1.10 bits per heavy atom. The summed E-state index contributed by atoms with van der Waals surface area (Å²) in [5.41, 5.74) is 0. The van der Waals surface area contributed by atoms with Gasteiger partial charge >= 0.3 is 5.97 Å². The number of carboxylic acids is 1. The van der Waals surface area contributed by atoms with Crippen LogP contribution >= 0.6 is 0 Å². The van der Waals surface area contributed by atoms with Crippen molar-refractivity contribution in [3.63, 3.8) is 0 Å². The highest BCUT2D eigenvalue weighted by Gasteiger charge is 2.28. The molecule has 2 aliphatic rings. The number of aliphatic carboxylic acids is 1. The first-order chi connectivity index (χ1) is 10.2. The number of carbonyl (C=O) groups excluding carboxylic acids is 1. The molecule has 2 fully saturated rings. The highest BCUT2D eigenvalue weighted by Crippen LogP contribution is 2.21. The molecule has 0 radical (unpaired) electrons. The van der Waals surface area contributed by atoms with E-state index in [-0.39, 0.29) is 31.2 Å². The molecule has 0 aromatic heterocycles. The summed E-state index contributed by atoms with van der Waals surface area (Å²) in [5.74, 6) is -1.19. The second kappa shape index (κ2) is 8.34. The second-order valence-electron chi connectivity index (χ2n) is 5.83. The number of hydrogen-bond acceptors (Lipinski definition) is 4. The molecule has 0 aromatic rings. The fourth-order valence-corrected chi connectivity index (χ4v) is 3.07. The third kappa shape index (κ3) is 5.28. The van der Waals surface area contributed by atoms with Gasteiger partial charge < -0.3 is 19.5 Å². The van der Waals surface area contributed by atoms with Gasteiger partial charge in [0.05, 0.1) is 6.10 Å². The number of carboxylic acid groups (broad SMARTS) is 1. The number of amides is 1. The predicted octanol–water partition coefficient (Wildman–Crippen LogP) is 1.43. The van der Waals surface area contributed by atoms with Crippen LogP contribution in [0.5, 0.6) is 0 Å². The summed E-state index contributed by atoms with van der Waals surface area (Å²) in [4.78, 5) is 24.8. The smallest absolute Gasteiger partial charge is 0.323 e. The van der Waals surface area contributed by atoms with Crippen molar-refractivity contribution in [3.05, 3.63) is 0 Å². The topological polar surface area (TPSA) is 76.1 Å². The molecule has 0 atom stereocenters. The van der Waals surface area contributed by atoms with Crippen LogP contribution in [0.2, 0.25) is 0 Å². The van der Waals surface area contributed by atoms with Gasteiger partial charge in [0, 0.05) is 19.3 Å². The van der Waals surface area contributed by atoms with Crippen molar-refractivity contribution in [3.8, 4) is 0 Å². The molecule has 0 unspecified atom stereocenters. The van der Waals surface area contributed by atoms with E-state index in [1.54, 1.807) is 0 Å². The minimum absolute atomic E-state index is 0.00466. The van der Waals surface area contributed by atoms with Gasteiger partial charge in [-0.2, -0.15) is 0 Å². The third-order valence-electron chi connectivity index (χ3n) is 4.25. The van der Waals surface area contributed by atoms with Crippen LogP contribution in [0.15, 0.2) is 0 Å². The van der Waals surface area contributed by atoms with Gasteiger partial charge in [-0.1, -0.05) is 19.3 Å². The molecular weight excluding hydrogens is 274 g/mol. The number of hydrogen-bond donors (Lipinski definition) is 1. The molecule has 1 aliphatic heterocycles. The van der Waals surface area contributed by atoms with Crippen molar-refractivity contribution >= 4 is 11.9 Å². The summed E-state index contributed by atoms with van der Waals surface area (Å²) in [6.07, 6.45) is 7.10. The molecular formula is C15H25NO5. The Labute approximate surface area is 125 Å². The maximum absolute atomic E-state index is 12.3. The predicted molar refractivity (Wildman–Crippen MR) is 76.0 cm³/mol. The van der Waals surface area contributed by atoms with Gasteiger partial charge in [-0.3, -0.25) is 9.59 Å². The highest BCUT2D eigenvalue weighted by molar-refractivity contribution is 5.82. The molecule has 120 valence electrons. The zero-order valence-electron chi connectivity index (χ0n) is 12.5. The lowest BCUT2D eigenvalue weighted by Gasteiger charge is -2.33. The van der Waals surface area contributed by atoms with E-state index in [0.717, 1.165) is 25.7 Å². The molecule has 1 aliphatic carbocycles. The zero-order chi connectivity index (χ0) is 15.1. The van der Waals surface area contributed by atoms with Gasteiger partial charge in [-0.25, -0.2) is 0 Å². The first-order valence-corrected chi connectivity index (χ1v) is 7.87. The van der Waals surface area contributed by atoms with Crippen molar-refractivity contribution in [1.82, 2.24) is 4.90 Å². The Kier molecular flexibility index (Phi) is 6.45. The number of carbonyl (C=O) groups is 2. The number of nitrogens with zero attached hydrogens (tertiary/aromatic N) is 1. The summed E-state index contributed by atoms with van der Waals surface area (Å²) in [6, 6.07) is -0.0442. The fraction of sp³-hybridized carbons (Fsp3) is 0.867. The summed E-state index contributed by atoms with van der Waals surface area (Å²) in [6.45, 7) is 0.905. The maximum atomic E-state index is 12.3. The van der Waals surface area contributed by atoms with Crippen LogP contribution in [0, 0.1) is 0 Å². The minimum atomic E-state index is -0.979. The van der Waals surface area contributed by atoms with Gasteiger partial charge in [0.2, 0.25) is 5.91 Å². The standard InChI is InChI=1S/C15H25NO5/c17-14(11-21-13-4-2-1-3-5-13)16(10-15(18)19)12-6-8-20-9-7-12/h12-13H,1-11H2,(H,18,19). The summed E-state index contributed by atoms with van der Waals surface area (Å²) in [5, 5.41) is 9.01. The quantitative estimate of drug-likeness (QED) is 0.803. The van der Waals surface area contributed by atoms with E-state index in [1.165, 1.54) is 11.3 Å². The van der Waals surface area contributed by atoms with Crippen LogP contribution in [-0.4, -0.2) is 60.4 Å². The number of rotatable bonds is 6. The van der Waals surface area contributed by atoms with Crippen molar-refractivity contribution in [1.29, 1.82) is 0 Å². The normalized spacial score (nSPS) is 21.1. The van der Waals surface area contributed by atoms with Gasteiger partial charge in [0.25, 0.3) is 0 Å². The lowest BCUT2D eigenvalue weighted by Crippen LogP contribution is -2.47. The van der Waals surface area contributed by atoms with Crippen molar-refractivity contribution in [2.45, 2.75) is 57.1 Å². The van der Waals surface area contributed by atoms with Crippen molar-refractivity contribution in [2.75, 3.05) is 26.4 Å². The molecule has 1 saturated carbocycles. The van der Waals surface area contributed by atoms with Gasteiger partial charge in [0.1, 0.15) is 13.2 Å². The Morgan fingerprint density at radius 2 is 1.76 bits per heavy atom. The average molecular weight is 299 g/mol. The Balaban J connectivity index is 1.85. The monoisotopic (exact) mass is 299 g/mol. The van der Waals surface area contributed by atoms with Crippen molar-refractivity contribution < 1.29 is 24.2 Å². The molecule has 6 heteroatoms. The summed E-state index contributed by atoms with van der Waals surface area (Å²) < 4.78 is 11.0. The molecule has 1 amide bonds. The van der Waals surface area contributed by atoms with E-state index in [0.29, 0.717) is 26.1 Å². The largest absolute Gasteiger partial charge is 0.480 e.